The minimum absolute atomic E-state index is 0.831. The largest absolute Gasteiger partial charge is 0.316 e. The molecule has 18 heavy (non-hydrogen) atoms. The van der Waals surface area contributed by atoms with Crippen molar-refractivity contribution < 1.29 is 0 Å². The van der Waals surface area contributed by atoms with Gasteiger partial charge >= 0.3 is 0 Å². The van der Waals surface area contributed by atoms with E-state index in [-0.39, 0.29) is 0 Å². The van der Waals surface area contributed by atoms with Crippen molar-refractivity contribution in [3.8, 4) is 12.3 Å². The van der Waals surface area contributed by atoms with Crippen LogP contribution in [0.3, 0.4) is 0 Å². The van der Waals surface area contributed by atoms with Gasteiger partial charge in [0.25, 0.3) is 0 Å². The summed E-state index contributed by atoms with van der Waals surface area (Å²) in [7, 11) is 0. The van der Waals surface area contributed by atoms with Crippen LogP contribution in [0.25, 0.3) is 0 Å². The van der Waals surface area contributed by atoms with Crippen molar-refractivity contribution in [1.29, 1.82) is 0 Å². The van der Waals surface area contributed by atoms with Crippen LogP contribution in [-0.4, -0.2) is 37.6 Å². The fourth-order valence-electron chi connectivity index (χ4n) is 3.02. The highest BCUT2D eigenvalue weighted by Crippen LogP contribution is 2.30. The molecule has 0 aromatic heterocycles. The highest BCUT2D eigenvalue weighted by Gasteiger charge is 2.25. The van der Waals surface area contributed by atoms with Crippen molar-refractivity contribution in [2.75, 3.05) is 32.7 Å². The number of terminal acetylenes is 1. The molecule has 1 N–H and O–H groups in total. The Labute approximate surface area is 113 Å². The third kappa shape index (κ3) is 4.63. The van der Waals surface area contributed by atoms with Crippen molar-refractivity contribution in [3.05, 3.63) is 0 Å². The topological polar surface area (TPSA) is 15.3 Å². The van der Waals surface area contributed by atoms with Gasteiger partial charge in [-0.1, -0.05) is 12.8 Å². The molecule has 0 amide bonds. The summed E-state index contributed by atoms with van der Waals surface area (Å²) in [5.41, 5.74) is 0. The van der Waals surface area contributed by atoms with Crippen molar-refractivity contribution >= 4 is 0 Å². The third-order valence-electron chi connectivity index (χ3n) is 4.57. The monoisotopic (exact) mass is 248 g/mol. The van der Waals surface area contributed by atoms with Crippen LogP contribution in [0.1, 0.15) is 39.0 Å². The van der Waals surface area contributed by atoms with E-state index in [4.69, 9.17) is 6.42 Å². The predicted molar refractivity (Wildman–Crippen MR) is 77.4 cm³/mol. The van der Waals surface area contributed by atoms with Gasteiger partial charge in [0, 0.05) is 6.54 Å². The Balaban J connectivity index is 1.68. The molecule has 0 aromatic rings. The SMILES string of the molecule is C#CCN(CCC(C)C1CCCNC1)CC1CC1. The smallest absolute Gasteiger partial charge is 0.0599 e. The second kappa shape index (κ2) is 7.16. The lowest BCUT2D eigenvalue weighted by atomic mass is 9.85. The summed E-state index contributed by atoms with van der Waals surface area (Å²) < 4.78 is 0. The number of rotatable bonds is 7. The van der Waals surface area contributed by atoms with Crippen LogP contribution in [-0.2, 0) is 0 Å². The van der Waals surface area contributed by atoms with Crippen LogP contribution in [0, 0.1) is 30.1 Å². The summed E-state index contributed by atoms with van der Waals surface area (Å²) >= 11 is 0. The van der Waals surface area contributed by atoms with Crippen LogP contribution in [0.15, 0.2) is 0 Å². The molecule has 0 radical (unpaired) electrons. The maximum Gasteiger partial charge on any atom is 0.0599 e. The molecule has 102 valence electrons. The third-order valence-corrected chi connectivity index (χ3v) is 4.57. The Bertz CT molecular complexity index is 271. The molecule has 1 aliphatic heterocycles. The Morgan fingerprint density at radius 3 is 2.83 bits per heavy atom. The Kier molecular flexibility index (Phi) is 5.53. The molecule has 0 aromatic carbocycles. The second-order valence-corrected chi connectivity index (χ2v) is 6.26. The fraction of sp³-hybridized carbons (Fsp3) is 0.875. The summed E-state index contributed by atoms with van der Waals surface area (Å²) in [4.78, 5) is 2.49. The molecular formula is C16H28N2. The fourth-order valence-corrected chi connectivity index (χ4v) is 3.02. The highest BCUT2D eigenvalue weighted by molar-refractivity contribution is 4.90. The Morgan fingerprint density at radius 2 is 2.22 bits per heavy atom. The zero-order valence-electron chi connectivity index (χ0n) is 11.8. The van der Waals surface area contributed by atoms with Gasteiger partial charge < -0.3 is 5.32 Å². The lowest BCUT2D eigenvalue weighted by Crippen LogP contribution is -2.35. The zero-order valence-corrected chi connectivity index (χ0v) is 11.8. The van der Waals surface area contributed by atoms with E-state index in [0.717, 1.165) is 24.3 Å². The standard InChI is InChI=1S/C16H28N2/c1-3-10-18(13-15-6-7-15)11-8-14(2)16-5-4-9-17-12-16/h1,14-17H,4-13H2,2H3. The van der Waals surface area contributed by atoms with Gasteiger partial charge in [-0.25, -0.2) is 0 Å². The van der Waals surface area contributed by atoms with E-state index in [1.807, 2.05) is 0 Å². The van der Waals surface area contributed by atoms with Crippen LogP contribution in [0.2, 0.25) is 0 Å². The van der Waals surface area contributed by atoms with Gasteiger partial charge in [-0.3, -0.25) is 4.90 Å². The Morgan fingerprint density at radius 1 is 1.39 bits per heavy atom. The molecule has 1 saturated carbocycles. The first-order valence-electron chi connectivity index (χ1n) is 7.66. The lowest BCUT2D eigenvalue weighted by molar-refractivity contribution is 0.220. The van der Waals surface area contributed by atoms with Gasteiger partial charge in [0.1, 0.15) is 0 Å². The molecule has 1 saturated heterocycles. The lowest BCUT2D eigenvalue weighted by Gasteiger charge is -2.30. The molecule has 2 rings (SSSR count). The maximum absolute atomic E-state index is 5.47. The molecule has 1 aliphatic carbocycles. The van der Waals surface area contributed by atoms with E-state index in [1.54, 1.807) is 0 Å². The summed E-state index contributed by atoms with van der Waals surface area (Å²) in [5.74, 6) is 5.48. The summed E-state index contributed by atoms with van der Waals surface area (Å²) in [6.45, 7) is 8.13. The summed E-state index contributed by atoms with van der Waals surface area (Å²) in [5, 5.41) is 3.52. The first kappa shape index (κ1) is 13.9. The maximum atomic E-state index is 5.47. The normalized spacial score (nSPS) is 25.9. The molecule has 2 unspecified atom stereocenters. The van der Waals surface area contributed by atoms with E-state index in [9.17, 15) is 0 Å². The van der Waals surface area contributed by atoms with Crippen LogP contribution in [0.4, 0.5) is 0 Å². The predicted octanol–water partition coefficient (Wildman–Crippen LogP) is 2.36. The number of hydrogen-bond donors (Lipinski definition) is 1. The van der Waals surface area contributed by atoms with Gasteiger partial charge in [-0.15, -0.1) is 6.42 Å². The average molecular weight is 248 g/mol. The zero-order chi connectivity index (χ0) is 12.8. The molecule has 2 fully saturated rings. The van der Waals surface area contributed by atoms with Crippen LogP contribution in [0.5, 0.6) is 0 Å². The van der Waals surface area contributed by atoms with Gasteiger partial charge in [0.2, 0.25) is 0 Å². The van der Waals surface area contributed by atoms with Gasteiger partial charge in [-0.2, -0.15) is 0 Å². The van der Waals surface area contributed by atoms with Gasteiger partial charge in [-0.05, 0) is 69.5 Å². The van der Waals surface area contributed by atoms with Crippen molar-refractivity contribution in [2.45, 2.75) is 39.0 Å². The summed E-state index contributed by atoms with van der Waals surface area (Å²) in [6.07, 6.45) is 12.4. The molecule has 2 heteroatoms. The molecule has 2 atom stereocenters. The average Bonchev–Trinajstić information content (AvgIpc) is 3.21. The van der Waals surface area contributed by atoms with E-state index >= 15 is 0 Å². The molecule has 0 spiro atoms. The highest BCUT2D eigenvalue weighted by atomic mass is 15.1. The van der Waals surface area contributed by atoms with Crippen molar-refractivity contribution in [1.82, 2.24) is 10.2 Å². The van der Waals surface area contributed by atoms with Crippen molar-refractivity contribution in [3.63, 3.8) is 0 Å². The second-order valence-electron chi connectivity index (χ2n) is 6.26. The van der Waals surface area contributed by atoms with Gasteiger partial charge in [0.15, 0.2) is 0 Å². The number of hydrogen-bond acceptors (Lipinski definition) is 2. The first-order valence-corrected chi connectivity index (χ1v) is 7.66. The molecule has 1 heterocycles. The summed E-state index contributed by atoms with van der Waals surface area (Å²) in [6, 6.07) is 0. The Hall–Kier alpha value is -0.520. The number of nitrogens with one attached hydrogen (secondary N) is 1. The van der Waals surface area contributed by atoms with E-state index in [2.05, 4.69) is 23.1 Å². The van der Waals surface area contributed by atoms with E-state index < -0.39 is 0 Å². The quantitative estimate of drug-likeness (QED) is 0.696. The van der Waals surface area contributed by atoms with Crippen molar-refractivity contribution in [2.24, 2.45) is 17.8 Å². The van der Waals surface area contributed by atoms with E-state index in [1.165, 1.54) is 58.3 Å². The minimum atomic E-state index is 0.831. The van der Waals surface area contributed by atoms with Crippen LogP contribution < -0.4 is 5.32 Å². The molecule has 2 aliphatic rings. The van der Waals surface area contributed by atoms with Gasteiger partial charge in [0.05, 0.1) is 6.54 Å². The number of nitrogens with zero attached hydrogens (tertiary/aromatic N) is 1. The molecule has 0 bridgehead atoms. The first-order chi connectivity index (χ1) is 8.79. The van der Waals surface area contributed by atoms with Crippen LogP contribution >= 0.6 is 0 Å². The van der Waals surface area contributed by atoms with E-state index in [0.29, 0.717) is 0 Å². The minimum Gasteiger partial charge on any atom is -0.316 e. The number of piperidine rings is 1. The molecular weight excluding hydrogens is 220 g/mol. The molecule has 2 nitrogen and oxygen atoms in total.